The summed E-state index contributed by atoms with van der Waals surface area (Å²) in [6.45, 7) is 0. The van der Waals surface area contributed by atoms with E-state index in [1.54, 1.807) is 0 Å². The van der Waals surface area contributed by atoms with Crippen LogP contribution in [0.2, 0.25) is 0 Å². The molecule has 2 heterocycles. The minimum atomic E-state index is -0.518. The van der Waals surface area contributed by atoms with Crippen LogP contribution in [-0.2, 0) is 0 Å². The van der Waals surface area contributed by atoms with Crippen molar-refractivity contribution in [3.63, 3.8) is 0 Å². The third-order valence-corrected chi connectivity index (χ3v) is 1.55. The van der Waals surface area contributed by atoms with Crippen LogP contribution in [0.5, 0.6) is 0 Å². The Morgan fingerprint density at radius 2 is 2.29 bits per heavy atom. The van der Waals surface area contributed by atoms with E-state index >= 15 is 0 Å². The van der Waals surface area contributed by atoms with E-state index in [9.17, 15) is 10.1 Å². The van der Waals surface area contributed by atoms with Crippen LogP contribution in [-0.4, -0.2) is 30.5 Å². The van der Waals surface area contributed by atoms with Crippen LogP contribution in [0.25, 0.3) is 11.5 Å². The van der Waals surface area contributed by atoms with Gasteiger partial charge >= 0.3 is 0 Å². The molecule has 0 fully saturated rings. The molecule has 70 valence electrons. The number of H-pyrrole nitrogens is 1. The van der Waals surface area contributed by atoms with Crippen molar-refractivity contribution in [1.82, 2.24) is 25.6 Å². The lowest BCUT2D eigenvalue weighted by atomic mass is 10.3. The number of rotatable bonds is 2. The van der Waals surface area contributed by atoms with Crippen molar-refractivity contribution in [3.8, 4) is 11.5 Å². The van der Waals surface area contributed by atoms with E-state index in [2.05, 4.69) is 25.6 Å². The Morgan fingerprint density at radius 1 is 1.43 bits per heavy atom. The predicted octanol–water partition coefficient (Wildman–Crippen LogP) is 0.170. The Balaban J connectivity index is 2.36. The van der Waals surface area contributed by atoms with Crippen LogP contribution < -0.4 is 0 Å². The molecule has 2 rings (SSSR count). The van der Waals surface area contributed by atoms with Crippen LogP contribution >= 0.6 is 0 Å². The number of pyridine rings is 1. The summed E-state index contributed by atoms with van der Waals surface area (Å²) in [5.74, 6) is 0.375. The van der Waals surface area contributed by atoms with Gasteiger partial charge in [0.05, 0.1) is 4.92 Å². The molecule has 0 bridgehead atoms. The molecule has 0 amide bonds. The number of hydrogen-bond donors (Lipinski definition) is 1. The van der Waals surface area contributed by atoms with E-state index in [1.165, 1.54) is 12.1 Å². The lowest BCUT2D eigenvalue weighted by Crippen LogP contribution is -1.91. The van der Waals surface area contributed by atoms with Crippen molar-refractivity contribution in [2.75, 3.05) is 0 Å². The largest absolute Gasteiger partial charge is 0.287 e. The molecule has 0 aliphatic rings. The van der Waals surface area contributed by atoms with Gasteiger partial charge in [0.1, 0.15) is 11.9 Å². The van der Waals surface area contributed by atoms with Crippen LogP contribution in [0.4, 0.5) is 5.69 Å². The van der Waals surface area contributed by atoms with E-state index < -0.39 is 4.92 Å². The summed E-state index contributed by atoms with van der Waals surface area (Å²) in [5, 5.41) is 23.1. The van der Waals surface area contributed by atoms with Crippen molar-refractivity contribution < 1.29 is 4.92 Å². The highest BCUT2D eigenvalue weighted by molar-refractivity contribution is 5.49. The number of nitrogens with one attached hydrogen (secondary N) is 1. The van der Waals surface area contributed by atoms with E-state index in [0.29, 0.717) is 11.5 Å². The summed E-state index contributed by atoms with van der Waals surface area (Å²) in [6, 6.07) is 2.81. The Labute approximate surface area is 77.1 Å². The molecule has 14 heavy (non-hydrogen) atoms. The Kier molecular flexibility index (Phi) is 1.86. The number of aromatic amines is 1. The SMILES string of the molecule is O=[N+]([O-])c1ccc(-c2nnn[nH]2)nc1. The number of aromatic nitrogens is 5. The second kappa shape index (κ2) is 3.17. The Bertz CT molecular complexity index is 436. The van der Waals surface area contributed by atoms with Crippen molar-refractivity contribution >= 4 is 5.69 Å². The van der Waals surface area contributed by atoms with Crippen LogP contribution in [0.1, 0.15) is 0 Å². The molecule has 0 unspecified atom stereocenters. The van der Waals surface area contributed by atoms with Crippen LogP contribution in [0.3, 0.4) is 0 Å². The predicted molar refractivity (Wildman–Crippen MR) is 44.1 cm³/mol. The van der Waals surface area contributed by atoms with Gasteiger partial charge in [-0.05, 0) is 16.5 Å². The van der Waals surface area contributed by atoms with E-state index in [1.807, 2.05) is 0 Å². The van der Waals surface area contributed by atoms with Gasteiger partial charge in [-0.1, -0.05) is 0 Å². The van der Waals surface area contributed by atoms with Gasteiger partial charge in [-0.25, -0.2) is 10.1 Å². The standard InChI is InChI=1S/C6H4N6O2/c13-12(14)4-1-2-5(7-3-4)6-8-10-11-9-6/h1-3H,(H,8,9,10,11). The molecule has 2 aromatic heterocycles. The third-order valence-electron chi connectivity index (χ3n) is 1.55. The van der Waals surface area contributed by atoms with Crippen LogP contribution in [0.15, 0.2) is 18.3 Å². The molecular weight excluding hydrogens is 188 g/mol. The second-order valence-electron chi connectivity index (χ2n) is 2.41. The summed E-state index contributed by atoms with van der Waals surface area (Å²) in [6.07, 6.45) is 1.15. The molecule has 0 saturated heterocycles. The fraction of sp³-hybridized carbons (Fsp3) is 0. The molecule has 1 N–H and O–H groups in total. The average Bonchev–Trinajstić information content (AvgIpc) is 2.71. The molecule has 0 saturated carbocycles. The first-order valence-corrected chi connectivity index (χ1v) is 3.62. The molecule has 0 atom stereocenters. The van der Waals surface area contributed by atoms with Gasteiger partial charge in [-0.3, -0.25) is 10.1 Å². The van der Waals surface area contributed by atoms with E-state index in [0.717, 1.165) is 6.20 Å². The third kappa shape index (κ3) is 1.40. The van der Waals surface area contributed by atoms with Crippen LogP contribution in [0, 0.1) is 10.1 Å². The van der Waals surface area contributed by atoms with Crippen molar-refractivity contribution in [2.24, 2.45) is 0 Å². The lowest BCUT2D eigenvalue weighted by Gasteiger charge is -1.92. The number of hydrogen-bond acceptors (Lipinski definition) is 6. The first kappa shape index (κ1) is 8.23. The zero-order valence-electron chi connectivity index (χ0n) is 6.78. The zero-order valence-corrected chi connectivity index (χ0v) is 6.78. The highest BCUT2D eigenvalue weighted by Gasteiger charge is 2.08. The lowest BCUT2D eigenvalue weighted by molar-refractivity contribution is -0.385. The van der Waals surface area contributed by atoms with Crippen molar-refractivity contribution in [3.05, 3.63) is 28.4 Å². The quantitative estimate of drug-likeness (QED) is 0.536. The monoisotopic (exact) mass is 192 g/mol. The van der Waals surface area contributed by atoms with Gasteiger partial charge in [-0.2, -0.15) is 0 Å². The van der Waals surface area contributed by atoms with Gasteiger partial charge in [0, 0.05) is 6.07 Å². The summed E-state index contributed by atoms with van der Waals surface area (Å²) in [7, 11) is 0. The summed E-state index contributed by atoms with van der Waals surface area (Å²) in [4.78, 5) is 13.6. The molecule has 0 aromatic carbocycles. The number of tetrazole rings is 1. The molecule has 8 nitrogen and oxygen atoms in total. The molecule has 0 aliphatic carbocycles. The highest BCUT2D eigenvalue weighted by Crippen LogP contribution is 2.14. The van der Waals surface area contributed by atoms with Gasteiger partial charge in [-0.15, -0.1) is 5.10 Å². The minimum Gasteiger partial charge on any atom is -0.258 e. The maximum atomic E-state index is 10.3. The fourth-order valence-electron chi connectivity index (χ4n) is 0.902. The first-order chi connectivity index (χ1) is 6.77. The highest BCUT2D eigenvalue weighted by atomic mass is 16.6. The first-order valence-electron chi connectivity index (χ1n) is 3.62. The van der Waals surface area contributed by atoms with E-state index in [4.69, 9.17) is 0 Å². The average molecular weight is 192 g/mol. The smallest absolute Gasteiger partial charge is 0.258 e. The minimum absolute atomic E-state index is 0.0683. The molecule has 0 radical (unpaired) electrons. The summed E-state index contributed by atoms with van der Waals surface area (Å²) in [5.41, 5.74) is 0.391. The Morgan fingerprint density at radius 3 is 2.79 bits per heavy atom. The number of nitrogens with zero attached hydrogens (tertiary/aromatic N) is 5. The van der Waals surface area contributed by atoms with E-state index in [-0.39, 0.29) is 5.69 Å². The molecular formula is C6H4N6O2. The molecule has 8 heteroatoms. The normalized spacial score (nSPS) is 10.0. The summed E-state index contributed by atoms with van der Waals surface area (Å²) >= 11 is 0. The van der Waals surface area contributed by atoms with Crippen molar-refractivity contribution in [2.45, 2.75) is 0 Å². The molecule has 2 aromatic rings. The van der Waals surface area contributed by atoms with Gasteiger partial charge in [0.2, 0.25) is 0 Å². The van der Waals surface area contributed by atoms with Gasteiger partial charge in [0.25, 0.3) is 5.69 Å². The van der Waals surface area contributed by atoms with Crippen molar-refractivity contribution in [1.29, 1.82) is 0 Å². The number of nitro groups is 1. The Hall–Kier alpha value is -2.38. The van der Waals surface area contributed by atoms with Gasteiger partial charge < -0.3 is 0 Å². The maximum absolute atomic E-state index is 10.3. The summed E-state index contributed by atoms with van der Waals surface area (Å²) < 4.78 is 0. The second-order valence-corrected chi connectivity index (χ2v) is 2.41. The molecule has 0 spiro atoms. The zero-order chi connectivity index (χ0) is 9.97. The fourth-order valence-corrected chi connectivity index (χ4v) is 0.902. The van der Waals surface area contributed by atoms with Gasteiger partial charge in [0.15, 0.2) is 5.82 Å². The topological polar surface area (TPSA) is 110 Å². The molecule has 0 aliphatic heterocycles. The maximum Gasteiger partial charge on any atom is 0.287 e.